The minimum atomic E-state index is -0.477. The van der Waals surface area contributed by atoms with E-state index in [9.17, 15) is 10.1 Å². The number of nitrogens with one attached hydrogen (secondary N) is 2. The molecule has 0 saturated heterocycles. The van der Waals surface area contributed by atoms with E-state index in [2.05, 4.69) is 21.6 Å². The highest BCUT2D eigenvalue weighted by Gasteiger charge is 2.33. The number of rotatable bonds is 7. The molecule has 20 heavy (non-hydrogen) atoms. The number of hydrogen-bond donors (Lipinski definition) is 2. The predicted octanol–water partition coefficient (Wildman–Crippen LogP) is 1.42. The highest BCUT2D eigenvalue weighted by Crippen LogP contribution is 2.36. The molecule has 0 aromatic carbocycles. The van der Waals surface area contributed by atoms with E-state index in [0.717, 1.165) is 30.2 Å². The van der Waals surface area contributed by atoms with E-state index in [1.165, 1.54) is 12.8 Å². The molecule has 2 N–H and O–H groups in total. The van der Waals surface area contributed by atoms with Gasteiger partial charge in [0.05, 0.1) is 6.07 Å². The largest absolute Gasteiger partial charge is 0.344 e. The molecule has 1 unspecified atom stereocenters. The third-order valence-corrected chi connectivity index (χ3v) is 4.72. The first kappa shape index (κ1) is 13.7. The maximum Gasteiger partial charge on any atom is 0.344 e. The molecule has 7 heteroatoms. The van der Waals surface area contributed by atoms with E-state index in [1.54, 1.807) is 16.3 Å². The minimum Gasteiger partial charge on any atom is -0.297 e. The second-order valence-corrected chi connectivity index (χ2v) is 6.94. The molecule has 108 valence electrons. The Hall–Kier alpha value is -1.26. The van der Waals surface area contributed by atoms with Gasteiger partial charge in [-0.25, -0.2) is 9.89 Å². The lowest BCUT2D eigenvalue weighted by molar-refractivity contribution is 0.433. The Labute approximate surface area is 121 Å². The van der Waals surface area contributed by atoms with Crippen molar-refractivity contribution in [2.45, 2.75) is 61.8 Å². The molecule has 1 atom stereocenters. The Morgan fingerprint density at radius 1 is 1.55 bits per heavy atom. The number of nitrogens with zero attached hydrogens (tertiary/aromatic N) is 3. The first-order valence-corrected chi connectivity index (χ1v) is 8.08. The fourth-order valence-corrected chi connectivity index (χ4v) is 3.41. The van der Waals surface area contributed by atoms with Crippen LogP contribution in [0.2, 0.25) is 0 Å². The third kappa shape index (κ3) is 3.07. The maximum absolute atomic E-state index is 11.7. The summed E-state index contributed by atoms with van der Waals surface area (Å²) < 4.78 is 1.75. The van der Waals surface area contributed by atoms with Crippen LogP contribution in [0, 0.1) is 11.3 Å². The highest BCUT2D eigenvalue weighted by atomic mass is 32.2. The normalized spacial score (nSPS) is 21.4. The second-order valence-electron chi connectivity index (χ2n) is 5.87. The molecule has 0 spiro atoms. The van der Waals surface area contributed by atoms with Gasteiger partial charge in [0.15, 0.2) is 5.16 Å². The van der Waals surface area contributed by atoms with Gasteiger partial charge in [0, 0.05) is 17.8 Å². The first-order chi connectivity index (χ1) is 9.61. The molecular weight excluding hydrogens is 274 g/mol. The molecule has 2 fully saturated rings. The summed E-state index contributed by atoms with van der Waals surface area (Å²) in [5, 5.41) is 20.1. The van der Waals surface area contributed by atoms with E-state index in [-0.39, 0.29) is 5.69 Å². The van der Waals surface area contributed by atoms with E-state index < -0.39 is 5.54 Å². The van der Waals surface area contributed by atoms with Gasteiger partial charge in [-0.05, 0) is 39.0 Å². The van der Waals surface area contributed by atoms with E-state index in [1.807, 2.05) is 6.92 Å². The standard InChI is InChI=1S/C13H19N5OS/c1-13(8-14,15-9-2-3-9)6-7-20-12-17-16-11(19)18(12)10-4-5-10/h9-10,15H,2-7H2,1H3,(H,16,19). The van der Waals surface area contributed by atoms with Crippen molar-refractivity contribution in [3.05, 3.63) is 10.5 Å². The van der Waals surface area contributed by atoms with Gasteiger partial charge in [-0.1, -0.05) is 11.8 Å². The summed E-state index contributed by atoms with van der Waals surface area (Å²) in [6, 6.07) is 3.21. The number of aromatic amines is 1. The van der Waals surface area contributed by atoms with Gasteiger partial charge in [-0.2, -0.15) is 5.26 Å². The number of H-pyrrole nitrogens is 1. The van der Waals surface area contributed by atoms with Gasteiger partial charge in [0.2, 0.25) is 0 Å². The molecule has 1 aromatic rings. The first-order valence-electron chi connectivity index (χ1n) is 7.10. The van der Waals surface area contributed by atoms with Crippen LogP contribution < -0.4 is 11.0 Å². The van der Waals surface area contributed by atoms with Gasteiger partial charge in [-0.3, -0.25) is 9.88 Å². The molecule has 1 aromatic heterocycles. The molecule has 2 aliphatic rings. The fourth-order valence-electron chi connectivity index (χ4n) is 2.23. The average molecular weight is 293 g/mol. The maximum atomic E-state index is 11.7. The molecule has 1 heterocycles. The highest BCUT2D eigenvalue weighted by molar-refractivity contribution is 7.99. The number of nitriles is 1. The molecule has 6 nitrogen and oxygen atoms in total. The Kier molecular flexibility index (Phi) is 3.61. The van der Waals surface area contributed by atoms with Crippen LogP contribution in [0.15, 0.2) is 9.95 Å². The molecule has 0 aliphatic heterocycles. The Bertz CT molecular complexity index is 580. The van der Waals surface area contributed by atoms with Crippen LogP contribution in [0.1, 0.15) is 45.1 Å². The topological polar surface area (TPSA) is 86.5 Å². The molecule has 3 rings (SSSR count). The summed E-state index contributed by atoms with van der Waals surface area (Å²) in [6.45, 7) is 1.95. The van der Waals surface area contributed by atoms with Crippen LogP contribution in [0.3, 0.4) is 0 Å². The van der Waals surface area contributed by atoms with Crippen molar-refractivity contribution in [1.29, 1.82) is 5.26 Å². The van der Waals surface area contributed by atoms with Crippen molar-refractivity contribution in [3.8, 4) is 6.07 Å². The fraction of sp³-hybridized carbons (Fsp3) is 0.769. The minimum absolute atomic E-state index is 0.117. The van der Waals surface area contributed by atoms with Crippen molar-refractivity contribution >= 4 is 11.8 Å². The summed E-state index contributed by atoms with van der Waals surface area (Å²) in [5.41, 5.74) is -0.594. The van der Waals surface area contributed by atoms with Crippen molar-refractivity contribution < 1.29 is 0 Å². The number of aromatic nitrogens is 3. The lowest BCUT2D eigenvalue weighted by Gasteiger charge is -2.22. The van der Waals surface area contributed by atoms with Gasteiger partial charge < -0.3 is 0 Å². The summed E-state index contributed by atoms with van der Waals surface area (Å²) in [6.07, 6.45) is 5.21. The Morgan fingerprint density at radius 3 is 2.90 bits per heavy atom. The lowest BCUT2D eigenvalue weighted by atomic mass is 10.0. The van der Waals surface area contributed by atoms with Crippen LogP contribution in [0.25, 0.3) is 0 Å². The summed E-state index contributed by atoms with van der Waals surface area (Å²) in [4.78, 5) is 11.7. The van der Waals surface area contributed by atoms with Crippen molar-refractivity contribution in [3.63, 3.8) is 0 Å². The Balaban J connectivity index is 1.56. The molecular formula is C13H19N5OS. The molecule has 0 bridgehead atoms. The van der Waals surface area contributed by atoms with Gasteiger partial charge in [0.1, 0.15) is 5.54 Å². The molecule has 2 aliphatic carbocycles. The number of hydrogen-bond acceptors (Lipinski definition) is 5. The zero-order chi connectivity index (χ0) is 14.2. The number of thioether (sulfide) groups is 1. The second kappa shape index (κ2) is 5.26. The van der Waals surface area contributed by atoms with Crippen molar-refractivity contribution in [1.82, 2.24) is 20.1 Å². The summed E-state index contributed by atoms with van der Waals surface area (Å²) in [7, 11) is 0. The van der Waals surface area contributed by atoms with Crippen molar-refractivity contribution in [2.24, 2.45) is 0 Å². The molecule has 0 radical (unpaired) electrons. The molecule has 0 amide bonds. The SMILES string of the molecule is CC(C#N)(CCSc1n[nH]c(=O)n1C1CC1)NC1CC1. The Morgan fingerprint density at radius 2 is 2.30 bits per heavy atom. The average Bonchev–Trinajstić information content (AvgIpc) is 3.33. The van der Waals surface area contributed by atoms with Crippen LogP contribution >= 0.6 is 11.8 Å². The molecule has 2 saturated carbocycles. The zero-order valence-corrected chi connectivity index (χ0v) is 12.4. The van der Waals surface area contributed by atoms with Gasteiger partial charge in [-0.15, -0.1) is 5.10 Å². The van der Waals surface area contributed by atoms with E-state index in [0.29, 0.717) is 12.1 Å². The zero-order valence-electron chi connectivity index (χ0n) is 11.6. The lowest BCUT2D eigenvalue weighted by Crippen LogP contribution is -2.42. The van der Waals surface area contributed by atoms with Crippen LogP contribution in [-0.2, 0) is 0 Å². The van der Waals surface area contributed by atoms with Crippen LogP contribution in [-0.4, -0.2) is 32.1 Å². The van der Waals surface area contributed by atoms with Gasteiger partial charge >= 0.3 is 5.69 Å². The van der Waals surface area contributed by atoms with Crippen molar-refractivity contribution in [2.75, 3.05) is 5.75 Å². The third-order valence-electron chi connectivity index (χ3n) is 3.76. The van der Waals surface area contributed by atoms with E-state index in [4.69, 9.17) is 0 Å². The van der Waals surface area contributed by atoms with Gasteiger partial charge in [0.25, 0.3) is 0 Å². The van der Waals surface area contributed by atoms with Crippen LogP contribution in [0.5, 0.6) is 0 Å². The predicted molar refractivity (Wildman–Crippen MR) is 76.6 cm³/mol. The van der Waals surface area contributed by atoms with Crippen LogP contribution in [0.4, 0.5) is 0 Å². The monoisotopic (exact) mass is 293 g/mol. The summed E-state index contributed by atoms with van der Waals surface area (Å²) >= 11 is 1.56. The smallest absolute Gasteiger partial charge is 0.297 e. The van der Waals surface area contributed by atoms with E-state index >= 15 is 0 Å². The quantitative estimate of drug-likeness (QED) is 0.743. The summed E-state index contributed by atoms with van der Waals surface area (Å²) in [5.74, 6) is 0.779.